The van der Waals surface area contributed by atoms with Crippen LogP contribution >= 0.6 is 0 Å². The van der Waals surface area contributed by atoms with Gasteiger partial charge in [0.05, 0.1) is 13.7 Å². The van der Waals surface area contributed by atoms with Crippen molar-refractivity contribution in [3.05, 3.63) is 30.0 Å². The summed E-state index contributed by atoms with van der Waals surface area (Å²) < 4.78 is 6.84. The highest BCUT2D eigenvalue weighted by Gasteiger charge is 2.08. The highest BCUT2D eigenvalue weighted by atomic mass is 16.5. The highest BCUT2D eigenvalue weighted by Crippen LogP contribution is 2.24. The Labute approximate surface area is 92.4 Å². The molecule has 16 heavy (non-hydrogen) atoms. The molecule has 0 spiro atoms. The minimum atomic E-state index is 0.247. The van der Waals surface area contributed by atoms with Crippen LogP contribution in [0.3, 0.4) is 0 Å². The third kappa shape index (κ3) is 1.58. The number of nitrogens with zero attached hydrogens (tertiary/aromatic N) is 1. The Hall–Kier alpha value is -2.10. The van der Waals surface area contributed by atoms with Crippen molar-refractivity contribution in [1.29, 1.82) is 0 Å². The maximum Gasteiger partial charge on any atom is 0.152 e. The third-order valence-electron chi connectivity index (χ3n) is 2.52. The summed E-state index contributed by atoms with van der Waals surface area (Å²) in [5.41, 5.74) is 1.42. The Morgan fingerprint density at radius 2 is 2.19 bits per heavy atom. The zero-order valence-corrected chi connectivity index (χ0v) is 8.84. The number of rotatable bonds is 4. The van der Waals surface area contributed by atoms with Gasteiger partial charge in [-0.3, -0.25) is 4.79 Å². The van der Waals surface area contributed by atoms with Crippen molar-refractivity contribution in [1.82, 2.24) is 4.57 Å². The van der Waals surface area contributed by atoms with Crippen LogP contribution < -0.4 is 4.74 Å². The van der Waals surface area contributed by atoms with Crippen molar-refractivity contribution in [2.24, 2.45) is 0 Å². The Balaban J connectivity index is 2.68. The molecule has 0 fully saturated rings. The minimum Gasteiger partial charge on any atom is -0.497 e. The predicted octanol–water partition coefficient (Wildman–Crippen LogP) is 1.66. The number of carbonyl (C=O) groups is 2. The van der Waals surface area contributed by atoms with Crippen LogP contribution in [0.5, 0.6) is 5.75 Å². The number of benzene rings is 1. The molecule has 0 aliphatic heterocycles. The molecule has 0 unspecified atom stereocenters. The van der Waals surface area contributed by atoms with Crippen LogP contribution in [0.25, 0.3) is 10.9 Å². The molecule has 1 aromatic heterocycles. The molecule has 0 bridgehead atoms. The van der Waals surface area contributed by atoms with E-state index in [0.717, 1.165) is 23.5 Å². The lowest BCUT2D eigenvalue weighted by Gasteiger charge is -2.01. The summed E-state index contributed by atoms with van der Waals surface area (Å²) in [5, 5.41) is 0.802. The van der Waals surface area contributed by atoms with E-state index in [0.29, 0.717) is 11.3 Å². The van der Waals surface area contributed by atoms with Crippen molar-refractivity contribution >= 4 is 23.5 Å². The predicted molar refractivity (Wildman–Crippen MR) is 59.9 cm³/mol. The fraction of sp³-hybridized carbons (Fsp3) is 0.167. The number of aldehydes is 2. The first-order valence-corrected chi connectivity index (χ1v) is 4.86. The third-order valence-corrected chi connectivity index (χ3v) is 2.52. The van der Waals surface area contributed by atoms with Crippen LogP contribution in [0, 0.1) is 0 Å². The highest BCUT2D eigenvalue weighted by molar-refractivity contribution is 5.98. The lowest BCUT2D eigenvalue weighted by atomic mass is 10.2. The number of ether oxygens (including phenoxy) is 1. The van der Waals surface area contributed by atoms with Crippen LogP contribution in [0.2, 0.25) is 0 Å². The van der Waals surface area contributed by atoms with Crippen LogP contribution in [0.15, 0.2) is 24.4 Å². The smallest absolute Gasteiger partial charge is 0.152 e. The topological polar surface area (TPSA) is 48.3 Å². The Kier molecular flexibility index (Phi) is 2.72. The molecule has 0 atom stereocenters. The molecule has 4 nitrogen and oxygen atoms in total. The van der Waals surface area contributed by atoms with Gasteiger partial charge in [-0.05, 0) is 18.2 Å². The quantitative estimate of drug-likeness (QED) is 0.732. The number of hydrogen-bond acceptors (Lipinski definition) is 3. The summed E-state index contributed by atoms with van der Waals surface area (Å²) in [4.78, 5) is 21.4. The number of carbonyl (C=O) groups excluding carboxylic acids is 2. The first-order valence-electron chi connectivity index (χ1n) is 4.86. The van der Waals surface area contributed by atoms with Gasteiger partial charge < -0.3 is 14.1 Å². The van der Waals surface area contributed by atoms with Crippen LogP contribution in [-0.2, 0) is 11.3 Å². The van der Waals surface area contributed by atoms with E-state index in [1.807, 2.05) is 6.07 Å². The maximum absolute atomic E-state index is 10.9. The summed E-state index contributed by atoms with van der Waals surface area (Å²) in [6, 6.07) is 5.43. The molecular formula is C12H11NO3. The number of hydrogen-bond donors (Lipinski definition) is 0. The zero-order valence-electron chi connectivity index (χ0n) is 8.84. The number of fused-ring (bicyclic) bond motifs is 1. The van der Waals surface area contributed by atoms with Crippen LogP contribution in [0.1, 0.15) is 10.4 Å². The standard InChI is InChI=1S/C12H11NO3/c1-16-10-2-3-12-11(6-10)9(8-15)7-13(12)4-5-14/h2-3,5-8H,4H2,1H3. The molecule has 2 aromatic rings. The lowest BCUT2D eigenvalue weighted by Crippen LogP contribution is -1.96. The summed E-state index contributed by atoms with van der Waals surface area (Å²) in [6.07, 6.45) is 3.26. The van der Waals surface area contributed by atoms with Gasteiger partial charge in [0.25, 0.3) is 0 Å². The van der Waals surface area contributed by atoms with E-state index in [-0.39, 0.29) is 6.54 Å². The van der Waals surface area contributed by atoms with Crippen molar-refractivity contribution in [3.8, 4) is 5.75 Å². The first-order chi connectivity index (χ1) is 7.80. The molecule has 1 aromatic carbocycles. The van der Waals surface area contributed by atoms with Crippen LogP contribution in [-0.4, -0.2) is 24.2 Å². The van der Waals surface area contributed by atoms with E-state index in [4.69, 9.17) is 4.74 Å². The Morgan fingerprint density at radius 1 is 1.38 bits per heavy atom. The van der Waals surface area contributed by atoms with Gasteiger partial charge in [0.15, 0.2) is 6.29 Å². The fourth-order valence-corrected chi connectivity index (χ4v) is 1.76. The normalized spacial score (nSPS) is 10.3. The molecule has 82 valence electrons. The van der Waals surface area contributed by atoms with Gasteiger partial charge in [-0.1, -0.05) is 0 Å². The summed E-state index contributed by atoms with van der Waals surface area (Å²) >= 11 is 0. The molecule has 0 radical (unpaired) electrons. The summed E-state index contributed by atoms with van der Waals surface area (Å²) in [7, 11) is 1.57. The molecule has 0 aliphatic rings. The van der Waals surface area contributed by atoms with Gasteiger partial charge in [0, 0.05) is 22.7 Å². The molecular weight excluding hydrogens is 206 g/mol. The SMILES string of the molecule is COc1ccc2c(c1)c(C=O)cn2CC=O. The lowest BCUT2D eigenvalue weighted by molar-refractivity contribution is -0.108. The molecule has 0 N–H and O–H groups in total. The maximum atomic E-state index is 10.9. The molecule has 2 rings (SSSR count). The molecule has 0 aliphatic carbocycles. The van der Waals surface area contributed by atoms with Gasteiger partial charge in [-0.25, -0.2) is 0 Å². The number of methoxy groups -OCH3 is 1. The van der Waals surface area contributed by atoms with Gasteiger partial charge >= 0.3 is 0 Å². The van der Waals surface area contributed by atoms with E-state index < -0.39 is 0 Å². The van der Waals surface area contributed by atoms with Crippen molar-refractivity contribution in [2.45, 2.75) is 6.54 Å². The summed E-state index contributed by atoms with van der Waals surface area (Å²) in [6.45, 7) is 0.247. The average molecular weight is 217 g/mol. The second-order valence-corrected chi connectivity index (χ2v) is 3.40. The molecule has 4 heteroatoms. The Morgan fingerprint density at radius 3 is 2.81 bits per heavy atom. The minimum absolute atomic E-state index is 0.247. The molecule has 0 saturated heterocycles. The molecule has 0 amide bonds. The molecule has 1 heterocycles. The van der Waals surface area contributed by atoms with Gasteiger partial charge in [-0.15, -0.1) is 0 Å². The monoisotopic (exact) mass is 217 g/mol. The van der Waals surface area contributed by atoms with E-state index in [1.54, 1.807) is 30.0 Å². The van der Waals surface area contributed by atoms with Crippen molar-refractivity contribution in [2.75, 3.05) is 7.11 Å². The fourth-order valence-electron chi connectivity index (χ4n) is 1.76. The second kappa shape index (κ2) is 4.18. The zero-order chi connectivity index (χ0) is 11.5. The van der Waals surface area contributed by atoms with E-state index in [9.17, 15) is 9.59 Å². The van der Waals surface area contributed by atoms with Crippen molar-refractivity contribution < 1.29 is 14.3 Å². The van der Waals surface area contributed by atoms with Crippen LogP contribution in [0.4, 0.5) is 0 Å². The number of aromatic nitrogens is 1. The van der Waals surface area contributed by atoms with Gasteiger partial charge in [0.1, 0.15) is 12.0 Å². The molecule has 0 saturated carbocycles. The second-order valence-electron chi connectivity index (χ2n) is 3.40. The average Bonchev–Trinajstić information content (AvgIpc) is 2.67. The van der Waals surface area contributed by atoms with E-state index in [1.165, 1.54) is 0 Å². The summed E-state index contributed by atoms with van der Waals surface area (Å²) in [5.74, 6) is 0.694. The van der Waals surface area contributed by atoms with Gasteiger partial charge in [0.2, 0.25) is 0 Å². The van der Waals surface area contributed by atoms with E-state index >= 15 is 0 Å². The van der Waals surface area contributed by atoms with Crippen molar-refractivity contribution in [3.63, 3.8) is 0 Å². The van der Waals surface area contributed by atoms with E-state index in [2.05, 4.69) is 0 Å². The Bertz CT molecular complexity index is 542. The van der Waals surface area contributed by atoms with Gasteiger partial charge in [-0.2, -0.15) is 0 Å². The first kappa shape index (κ1) is 10.4. The largest absolute Gasteiger partial charge is 0.497 e.